The zero-order chi connectivity index (χ0) is 12.0. The van der Waals surface area contributed by atoms with Crippen LogP contribution in [0, 0.1) is 17.3 Å². The smallest absolute Gasteiger partial charge is 0.332 e. The Kier molecular flexibility index (Phi) is 4.32. The van der Waals surface area contributed by atoms with Crippen molar-refractivity contribution in [2.75, 3.05) is 6.61 Å². The second kappa shape index (κ2) is 5.52. The van der Waals surface area contributed by atoms with Gasteiger partial charge in [0.25, 0.3) is 0 Å². The van der Waals surface area contributed by atoms with E-state index >= 15 is 0 Å². The number of aliphatic carboxylic acids is 1. The number of carbonyl (C=O) groups excluding carboxylic acids is 1. The summed E-state index contributed by atoms with van der Waals surface area (Å²) in [5.74, 6) is 4.56. The predicted molar refractivity (Wildman–Crippen MR) is 56.1 cm³/mol. The van der Waals surface area contributed by atoms with E-state index in [2.05, 4.69) is 23.6 Å². The molecule has 5 nitrogen and oxygen atoms in total. The molecular weight excluding hydrogens is 210 g/mol. The molecule has 0 spiro atoms. The summed E-state index contributed by atoms with van der Waals surface area (Å²) in [4.78, 5) is 25.5. The molecule has 0 bridgehead atoms. The summed E-state index contributed by atoms with van der Waals surface area (Å²) < 4.78 is 0. The van der Waals surface area contributed by atoms with Crippen LogP contribution in [0.4, 0.5) is 0 Å². The van der Waals surface area contributed by atoms with Gasteiger partial charge < -0.3 is 5.11 Å². The Morgan fingerprint density at radius 1 is 1.50 bits per heavy atom. The van der Waals surface area contributed by atoms with Crippen molar-refractivity contribution in [2.24, 2.45) is 5.41 Å². The lowest BCUT2D eigenvalue weighted by Crippen LogP contribution is -2.26. The van der Waals surface area contributed by atoms with Crippen LogP contribution in [0.15, 0.2) is 0 Å². The summed E-state index contributed by atoms with van der Waals surface area (Å²) in [6.45, 7) is 1.56. The number of amides is 1. The monoisotopic (exact) mass is 225 g/mol. The first kappa shape index (κ1) is 12.5. The van der Waals surface area contributed by atoms with Gasteiger partial charge in [-0.1, -0.05) is 5.92 Å². The van der Waals surface area contributed by atoms with Gasteiger partial charge in [0.05, 0.1) is 0 Å². The van der Waals surface area contributed by atoms with Crippen LogP contribution in [0.25, 0.3) is 0 Å². The number of hydrogen-bond donors (Lipinski definition) is 2. The molecule has 5 heteroatoms. The number of carboxylic acid groups (broad SMARTS) is 1. The Morgan fingerprint density at radius 3 is 2.75 bits per heavy atom. The lowest BCUT2D eigenvalue weighted by atomic mass is 10.1. The molecule has 0 aliphatic heterocycles. The minimum absolute atomic E-state index is 0.177. The van der Waals surface area contributed by atoms with Gasteiger partial charge >= 0.3 is 5.97 Å². The highest BCUT2D eigenvalue weighted by Gasteiger charge is 2.34. The van der Waals surface area contributed by atoms with E-state index in [4.69, 9.17) is 5.11 Å². The van der Waals surface area contributed by atoms with Gasteiger partial charge in [-0.05, 0) is 19.8 Å². The van der Waals surface area contributed by atoms with Gasteiger partial charge in [-0.3, -0.25) is 9.63 Å². The van der Waals surface area contributed by atoms with E-state index in [0.29, 0.717) is 6.42 Å². The maximum absolute atomic E-state index is 11.1. The highest BCUT2D eigenvalue weighted by atomic mass is 16.7. The standard InChI is InChI=1S/C11H15NO4/c1-11(6-7-11)5-3-2-4-9(13)12-16-8-10(14)15/h2,4,6-8H2,1H3,(H,12,13)(H,14,15). The first-order chi connectivity index (χ1) is 7.52. The SMILES string of the molecule is CC1(C#CCCC(=O)NOCC(=O)O)CC1. The van der Waals surface area contributed by atoms with Gasteiger partial charge in [-0.25, -0.2) is 10.3 Å². The summed E-state index contributed by atoms with van der Waals surface area (Å²) >= 11 is 0. The quantitative estimate of drug-likeness (QED) is 0.533. The van der Waals surface area contributed by atoms with Gasteiger partial charge in [-0.2, -0.15) is 0 Å². The summed E-state index contributed by atoms with van der Waals surface area (Å²) in [7, 11) is 0. The molecule has 0 heterocycles. The third kappa shape index (κ3) is 5.37. The van der Waals surface area contributed by atoms with Crippen molar-refractivity contribution in [1.82, 2.24) is 5.48 Å². The molecule has 1 saturated carbocycles. The third-order valence-electron chi connectivity index (χ3n) is 2.25. The van der Waals surface area contributed by atoms with Crippen molar-refractivity contribution in [3.8, 4) is 11.8 Å². The zero-order valence-electron chi connectivity index (χ0n) is 9.21. The van der Waals surface area contributed by atoms with E-state index in [1.807, 2.05) is 5.48 Å². The van der Waals surface area contributed by atoms with Crippen LogP contribution in [0.2, 0.25) is 0 Å². The molecule has 1 rings (SSSR count). The van der Waals surface area contributed by atoms with Gasteiger partial charge in [0.2, 0.25) is 5.91 Å². The summed E-state index contributed by atoms with van der Waals surface area (Å²) in [5, 5.41) is 8.24. The predicted octanol–water partition coefficient (Wildman–Crippen LogP) is 0.702. The van der Waals surface area contributed by atoms with E-state index < -0.39 is 12.6 Å². The maximum atomic E-state index is 11.1. The summed E-state index contributed by atoms with van der Waals surface area (Å²) in [6.07, 6.45) is 2.96. The second-order valence-corrected chi connectivity index (χ2v) is 4.07. The average molecular weight is 225 g/mol. The molecule has 0 radical (unpaired) electrons. The number of carboxylic acids is 1. The molecule has 1 aliphatic carbocycles. The van der Waals surface area contributed by atoms with Gasteiger partial charge in [0.15, 0.2) is 6.61 Å². The maximum Gasteiger partial charge on any atom is 0.332 e. The van der Waals surface area contributed by atoms with Crippen molar-refractivity contribution >= 4 is 11.9 Å². The Bertz CT molecular complexity index is 336. The Labute approximate surface area is 94.1 Å². The van der Waals surface area contributed by atoms with Crippen LogP contribution in [0.5, 0.6) is 0 Å². The Morgan fingerprint density at radius 2 is 2.19 bits per heavy atom. The van der Waals surface area contributed by atoms with Crippen molar-refractivity contribution < 1.29 is 19.5 Å². The highest BCUT2D eigenvalue weighted by Crippen LogP contribution is 2.43. The second-order valence-electron chi connectivity index (χ2n) is 4.07. The van der Waals surface area contributed by atoms with Gasteiger partial charge in [0.1, 0.15) is 0 Å². The number of carbonyl (C=O) groups is 2. The van der Waals surface area contributed by atoms with Gasteiger partial charge in [-0.15, -0.1) is 5.92 Å². The molecule has 0 aromatic heterocycles. The topological polar surface area (TPSA) is 75.6 Å². The van der Waals surface area contributed by atoms with E-state index in [1.165, 1.54) is 0 Å². The fraction of sp³-hybridized carbons (Fsp3) is 0.636. The minimum atomic E-state index is -1.12. The van der Waals surface area contributed by atoms with Crippen LogP contribution >= 0.6 is 0 Å². The number of hydroxylamine groups is 1. The molecule has 1 aliphatic rings. The van der Waals surface area contributed by atoms with Crippen molar-refractivity contribution in [3.05, 3.63) is 0 Å². The first-order valence-corrected chi connectivity index (χ1v) is 5.14. The molecule has 0 aromatic carbocycles. The van der Waals surface area contributed by atoms with Crippen molar-refractivity contribution in [1.29, 1.82) is 0 Å². The first-order valence-electron chi connectivity index (χ1n) is 5.14. The molecular formula is C11H15NO4. The molecule has 0 aromatic rings. The average Bonchev–Trinajstić information content (AvgIpc) is 2.91. The molecule has 0 unspecified atom stereocenters. The summed E-state index contributed by atoms with van der Waals surface area (Å²) in [6, 6.07) is 0. The van der Waals surface area contributed by atoms with Crippen LogP contribution in [-0.4, -0.2) is 23.6 Å². The molecule has 2 N–H and O–H groups in total. The molecule has 88 valence electrons. The molecule has 1 amide bonds. The zero-order valence-corrected chi connectivity index (χ0v) is 9.21. The highest BCUT2D eigenvalue weighted by molar-refractivity contribution is 5.75. The molecule has 0 saturated heterocycles. The van der Waals surface area contributed by atoms with Crippen LogP contribution in [-0.2, 0) is 14.4 Å². The molecule has 0 atom stereocenters. The normalized spacial score (nSPS) is 15.8. The van der Waals surface area contributed by atoms with E-state index in [9.17, 15) is 9.59 Å². The number of hydrogen-bond acceptors (Lipinski definition) is 3. The van der Waals surface area contributed by atoms with Crippen LogP contribution in [0.1, 0.15) is 32.6 Å². The number of rotatable bonds is 5. The van der Waals surface area contributed by atoms with E-state index in [0.717, 1.165) is 12.8 Å². The fourth-order valence-corrected chi connectivity index (χ4v) is 0.994. The Hall–Kier alpha value is -1.54. The summed E-state index contributed by atoms with van der Waals surface area (Å²) in [5.41, 5.74) is 2.22. The third-order valence-corrected chi connectivity index (χ3v) is 2.25. The molecule has 1 fully saturated rings. The van der Waals surface area contributed by atoms with E-state index in [1.54, 1.807) is 0 Å². The van der Waals surface area contributed by atoms with E-state index in [-0.39, 0.29) is 17.7 Å². The fourth-order valence-electron chi connectivity index (χ4n) is 0.994. The van der Waals surface area contributed by atoms with Crippen LogP contribution < -0.4 is 5.48 Å². The Balaban J connectivity index is 2.05. The van der Waals surface area contributed by atoms with Crippen molar-refractivity contribution in [2.45, 2.75) is 32.6 Å². The number of nitrogens with one attached hydrogen (secondary N) is 1. The minimum Gasteiger partial charge on any atom is -0.479 e. The lowest BCUT2D eigenvalue weighted by Gasteiger charge is -2.01. The van der Waals surface area contributed by atoms with Crippen molar-refractivity contribution in [3.63, 3.8) is 0 Å². The van der Waals surface area contributed by atoms with Gasteiger partial charge in [0, 0.05) is 18.3 Å². The largest absolute Gasteiger partial charge is 0.479 e. The molecule has 16 heavy (non-hydrogen) atoms. The van der Waals surface area contributed by atoms with Crippen LogP contribution in [0.3, 0.4) is 0 Å². The lowest BCUT2D eigenvalue weighted by molar-refractivity contribution is -0.149.